The first kappa shape index (κ1) is 16.9. The fourth-order valence-electron chi connectivity index (χ4n) is 2.84. The second kappa shape index (κ2) is 7.30. The number of aryl methyl sites for hydroxylation is 1. The molecule has 3 rings (SSSR count). The Hall–Kier alpha value is -2.95. The van der Waals surface area contributed by atoms with Crippen LogP contribution >= 0.6 is 0 Å². The molecule has 0 aliphatic carbocycles. The Morgan fingerprint density at radius 1 is 1.12 bits per heavy atom. The number of aromatic nitrogens is 2. The molecule has 0 saturated carbocycles. The number of carbonyl (C=O) groups is 1. The van der Waals surface area contributed by atoms with E-state index in [9.17, 15) is 9.59 Å². The van der Waals surface area contributed by atoms with Gasteiger partial charge in [0.15, 0.2) is 0 Å². The summed E-state index contributed by atoms with van der Waals surface area (Å²) in [7, 11) is 0. The largest absolute Gasteiger partial charge is 0.354 e. The number of benzene rings is 2. The molecule has 0 radical (unpaired) electrons. The van der Waals surface area contributed by atoms with Crippen molar-refractivity contribution in [1.82, 2.24) is 14.9 Å². The van der Waals surface area contributed by atoms with Crippen molar-refractivity contribution in [3.05, 3.63) is 76.2 Å². The average Bonchev–Trinajstić information content (AvgIpc) is 2.64. The van der Waals surface area contributed by atoms with Crippen molar-refractivity contribution in [1.29, 1.82) is 0 Å². The highest BCUT2D eigenvalue weighted by Crippen LogP contribution is 2.13. The Morgan fingerprint density at radius 3 is 2.56 bits per heavy atom. The van der Waals surface area contributed by atoms with Crippen LogP contribution in [0.5, 0.6) is 0 Å². The summed E-state index contributed by atoms with van der Waals surface area (Å²) in [5, 5.41) is 2.92. The maximum absolute atomic E-state index is 12.4. The zero-order valence-corrected chi connectivity index (χ0v) is 14.4. The van der Waals surface area contributed by atoms with Crippen LogP contribution in [-0.4, -0.2) is 22.0 Å². The monoisotopic (exact) mass is 335 g/mol. The molecule has 1 atom stereocenters. The van der Waals surface area contributed by atoms with Crippen LogP contribution in [0.25, 0.3) is 11.0 Å². The van der Waals surface area contributed by atoms with Gasteiger partial charge in [0.2, 0.25) is 5.91 Å². The lowest BCUT2D eigenvalue weighted by Gasteiger charge is -2.14. The van der Waals surface area contributed by atoms with Crippen molar-refractivity contribution < 1.29 is 4.79 Å². The summed E-state index contributed by atoms with van der Waals surface area (Å²) in [6, 6.07) is 17.4. The van der Waals surface area contributed by atoms with Crippen molar-refractivity contribution >= 4 is 16.9 Å². The molecule has 5 nitrogen and oxygen atoms in total. The molecule has 0 fully saturated rings. The second-order valence-corrected chi connectivity index (χ2v) is 6.19. The van der Waals surface area contributed by atoms with Crippen LogP contribution in [0, 0.1) is 6.92 Å². The summed E-state index contributed by atoms with van der Waals surface area (Å²) in [5.41, 5.74) is 2.72. The lowest BCUT2D eigenvalue weighted by atomic mass is 10.0. The van der Waals surface area contributed by atoms with Gasteiger partial charge in [-0.15, -0.1) is 0 Å². The summed E-state index contributed by atoms with van der Waals surface area (Å²) in [6.07, 6.45) is 0. The lowest BCUT2D eigenvalue weighted by Crippen LogP contribution is -2.35. The van der Waals surface area contributed by atoms with E-state index in [2.05, 4.69) is 17.2 Å². The van der Waals surface area contributed by atoms with Crippen molar-refractivity contribution in [2.24, 2.45) is 0 Å². The summed E-state index contributed by atoms with van der Waals surface area (Å²) < 4.78 is 1.49. The number of carbonyl (C=O) groups excluding carboxylic acids is 1. The Bertz CT molecular complexity index is 948. The van der Waals surface area contributed by atoms with Gasteiger partial charge in [0.1, 0.15) is 12.2 Å². The predicted octanol–water partition coefficient (Wildman–Crippen LogP) is 2.62. The number of amides is 1. The summed E-state index contributed by atoms with van der Waals surface area (Å²) >= 11 is 0. The summed E-state index contributed by atoms with van der Waals surface area (Å²) in [5.74, 6) is 0.0263. The number of para-hydroxylation sites is 2. The number of hydrogen-bond acceptors (Lipinski definition) is 3. The molecular formula is C20H21N3O2. The van der Waals surface area contributed by atoms with Gasteiger partial charge in [-0.05, 0) is 30.5 Å². The minimum absolute atomic E-state index is 0.00971. The molecule has 1 heterocycles. The van der Waals surface area contributed by atoms with E-state index in [-0.39, 0.29) is 23.9 Å². The maximum atomic E-state index is 12.4. The number of nitrogens with zero attached hydrogens (tertiary/aromatic N) is 2. The predicted molar refractivity (Wildman–Crippen MR) is 98.6 cm³/mol. The Labute approximate surface area is 146 Å². The highest BCUT2D eigenvalue weighted by atomic mass is 16.2. The van der Waals surface area contributed by atoms with Crippen LogP contribution in [0.2, 0.25) is 0 Å². The molecule has 0 saturated heterocycles. The SMILES string of the molecule is Cc1nc2ccccc2n(CC(=O)NCC(C)c2ccccc2)c1=O. The fourth-order valence-corrected chi connectivity index (χ4v) is 2.84. The van der Waals surface area contributed by atoms with Crippen molar-refractivity contribution in [3.63, 3.8) is 0 Å². The standard InChI is InChI=1S/C20H21N3O2/c1-14(16-8-4-3-5-9-16)12-21-19(24)13-23-18-11-7-6-10-17(18)22-15(2)20(23)25/h3-11,14H,12-13H2,1-2H3,(H,21,24). The third-order valence-corrected chi connectivity index (χ3v) is 4.29. The summed E-state index contributed by atoms with van der Waals surface area (Å²) in [6.45, 7) is 4.25. The Kier molecular flexibility index (Phi) is 4.93. The van der Waals surface area contributed by atoms with Gasteiger partial charge in [-0.25, -0.2) is 4.98 Å². The molecule has 5 heteroatoms. The molecule has 1 N–H and O–H groups in total. The molecular weight excluding hydrogens is 314 g/mol. The Morgan fingerprint density at radius 2 is 1.80 bits per heavy atom. The van der Waals surface area contributed by atoms with Crippen LogP contribution < -0.4 is 10.9 Å². The van der Waals surface area contributed by atoms with E-state index in [0.717, 1.165) is 0 Å². The van der Waals surface area contributed by atoms with Crippen LogP contribution in [0.1, 0.15) is 24.1 Å². The van der Waals surface area contributed by atoms with Crippen LogP contribution in [0.4, 0.5) is 0 Å². The first-order valence-corrected chi connectivity index (χ1v) is 8.34. The van der Waals surface area contributed by atoms with Gasteiger partial charge >= 0.3 is 0 Å². The third kappa shape index (κ3) is 3.76. The molecule has 1 unspecified atom stereocenters. The summed E-state index contributed by atoms with van der Waals surface area (Å²) in [4.78, 5) is 29.1. The topological polar surface area (TPSA) is 64.0 Å². The highest BCUT2D eigenvalue weighted by molar-refractivity contribution is 5.80. The number of rotatable bonds is 5. The number of fused-ring (bicyclic) bond motifs is 1. The minimum atomic E-state index is -0.232. The molecule has 2 aromatic carbocycles. The van der Waals surface area contributed by atoms with E-state index in [1.54, 1.807) is 6.92 Å². The molecule has 0 spiro atoms. The van der Waals surface area contributed by atoms with Crippen molar-refractivity contribution in [2.45, 2.75) is 26.3 Å². The van der Waals surface area contributed by atoms with Crippen molar-refractivity contribution in [2.75, 3.05) is 6.54 Å². The van der Waals surface area contributed by atoms with Gasteiger partial charge in [-0.3, -0.25) is 14.2 Å². The van der Waals surface area contributed by atoms with E-state index in [0.29, 0.717) is 23.3 Å². The minimum Gasteiger partial charge on any atom is -0.354 e. The van der Waals surface area contributed by atoms with E-state index in [4.69, 9.17) is 0 Å². The molecule has 0 aliphatic heterocycles. The van der Waals surface area contributed by atoms with Crippen LogP contribution in [0.15, 0.2) is 59.4 Å². The number of nitrogens with one attached hydrogen (secondary N) is 1. The van der Waals surface area contributed by atoms with Gasteiger partial charge < -0.3 is 5.32 Å². The average molecular weight is 335 g/mol. The molecule has 0 aliphatic rings. The molecule has 0 bridgehead atoms. The third-order valence-electron chi connectivity index (χ3n) is 4.29. The number of hydrogen-bond donors (Lipinski definition) is 1. The quantitative estimate of drug-likeness (QED) is 0.779. The van der Waals surface area contributed by atoms with Gasteiger partial charge in [-0.1, -0.05) is 49.4 Å². The van der Waals surface area contributed by atoms with Gasteiger partial charge in [-0.2, -0.15) is 0 Å². The van der Waals surface area contributed by atoms with Gasteiger partial charge in [0.05, 0.1) is 11.0 Å². The zero-order chi connectivity index (χ0) is 17.8. The van der Waals surface area contributed by atoms with Gasteiger partial charge in [0, 0.05) is 6.54 Å². The first-order valence-electron chi connectivity index (χ1n) is 8.34. The smallest absolute Gasteiger partial charge is 0.272 e. The molecule has 1 amide bonds. The van der Waals surface area contributed by atoms with E-state index >= 15 is 0 Å². The van der Waals surface area contributed by atoms with Crippen molar-refractivity contribution in [3.8, 4) is 0 Å². The lowest BCUT2D eigenvalue weighted by molar-refractivity contribution is -0.121. The molecule has 128 valence electrons. The maximum Gasteiger partial charge on any atom is 0.272 e. The first-order chi connectivity index (χ1) is 12.1. The molecule has 25 heavy (non-hydrogen) atoms. The molecule has 3 aromatic rings. The highest BCUT2D eigenvalue weighted by Gasteiger charge is 2.12. The Balaban J connectivity index is 1.74. The second-order valence-electron chi connectivity index (χ2n) is 6.19. The normalized spacial score (nSPS) is 12.1. The fraction of sp³-hybridized carbons (Fsp3) is 0.250. The van der Waals surface area contributed by atoms with Gasteiger partial charge in [0.25, 0.3) is 5.56 Å². The molecule has 1 aromatic heterocycles. The van der Waals surface area contributed by atoms with E-state index in [1.807, 2.05) is 54.6 Å². The van der Waals surface area contributed by atoms with Crippen LogP contribution in [-0.2, 0) is 11.3 Å². The van der Waals surface area contributed by atoms with Crippen LogP contribution in [0.3, 0.4) is 0 Å². The zero-order valence-electron chi connectivity index (χ0n) is 14.4. The van der Waals surface area contributed by atoms with E-state index in [1.165, 1.54) is 10.1 Å². The van der Waals surface area contributed by atoms with E-state index < -0.39 is 0 Å².